The number of hydrogen-bond donors (Lipinski definition) is 1. The summed E-state index contributed by atoms with van der Waals surface area (Å²) in [5.41, 5.74) is 1.29. The SMILES string of the molecule is O=C(CCc1ncc(-c2ccc(Cl)cc2)o1)Nc1cccc(S(=O)(=O)N2CCCC2)c1. The summed E-state index contributed by atoms with van der Waals surface area (Å²) in [7, 11) is -3.53. The van der Waals surface area contributed by atoms with Crippen LogP contribution in [0.15, 0.2) is 64.0 Å². The Hall–Kier alpha value is -2.68. The first-order chi connectivity index (χ1) is 14.9. The molecule has 2 aromatic carbocycles. The number of hydrogen-bond acceptors (Lipinski definition) is 5. The van der Waals surface area contributed by atoms with E-state index < -0.39 is 10.0 Å². The molecule has 1 fully saturated rings. The Morgan fingerprint density at radius 1 is 1.13 bits per heavy atom. The number of aromatic nitrogens is 1. The third-order valence-electron chi connectivity index (χ3n) is 5.07. The second-order valence-corrected chi connectivity index (χ2v) is 9.69. The molecular weight excluding hydrogens is 438 g/mol. The van der Waals surface area contributed by atoms with Crippen LogP contribution in [0.25, 0.3) is 11.3 Å². The van der Waals surface area contributed by atoms with E-state index in [2.05, 4.69) is 10.3 Å². The lowest BCUT2D eigenvalue weighted by Crippen LogP contribution is -2.27. The zero-order valence-corrected chi connectivity index (χ0v) is 18.3. The Morgan fingerprint density at radius 3 is 2.61 bits per heavy atom. The van der Waals surface area contributed by atoms with Crippen molar-refractivity contribution >= 4 is 33.2 Å². The number of amides is 1. The van der Waals surface area contributed by atoms with Crippen LogP contribution in [-0.2, 0) is 21.2 Å². The van der Waals surface area contributed by atoms with Crippen LogP contribution in [0.3, 0.4) is 0 Å². The van der Waals surface area contributed by atoms with Gasteiger partial charge < -0.3 is 9.73 Å². The van der Waals surface area contributed by atoms with Gasteiger partial charge in [-0.1, -0.05) is 17.7 Å². The van der Waals surface area contributed by atoms with Crippen molar-refractivity contribution in [3.8, 4) is 11.3 Å². The number of carbonyl (C=O) groups excluding carboxylic acids is 1. The zero-order chi connectivity index (χ0) is 21.8. The minimum Gasteiger partial charge on any atom is -0.441 e. The second kappa shape index (κ2) is 9.21. The lowest BCUT2D eigenvalue weighted by molar-refractivity contribution is -0.116. The summed E-state index contributed by atoms with van der Waals surface area (Å²) in [6, 6.07) is 13.6. The van der Waals surface area contributed by atoms with Crippen molar-refractivity contribution < 1.29 is 17.6 Å². The number of sulfonamides is 1. The fourth-order valence-corrected chi connectivity index (χ4v) is 5.12. The molecule has 9 heteroatoms. The molecular formula is C22H22ClN3O4S. The van der Waals surface area contributed by atoms with E-state index in [1.807, 2.05) is 12.1 Å². The fourth-order valence-electron chi connectivity index (χ4n) is 3.43. The van der Waals surface area contributed by atoms with Crippen molar-refractivity contribution in [1.82, 2.24) is 9.29 Å². The van der Waals surface area contributed by atoms with Gasteiger partial charge in [-0.05, 0) is 55.3 Å². The molecule has 1 aliphatic heterocycles. The summed E-state index contributed by atoms with van der Waals surface area (Å²) in [6.45, 7) is 1.07. The van der Waals surface area contributed by atoms with Gasteiger partial charge in [0.25, 0.3) is 0 Å². The summed E-state index contributed by atoms with van der Waals surface area (Å²) < 4.78 is 32.6. The van der Waals surface area contributed by atoms with Gasteiger partial charge >= 0.3 is 0 Å². The van der Waals surface area contributed by atoms with Crippen LogP contribution in [0.5, 0.6) is 0 Å². The number of rotatable bonds is 7. The molecule has 1 amide bonds. The lowest BCUT2D eigenvalue weighted by Gasteiger charge is -2.16. The molecule has 31 heavy (non-hydrogen) atoms. The van der Waals surface area contributed by atoms with Crippen LogP contribution in [0.2, 0.25) is 5.02 Å². The third-order valence-corrected chi connectivity index (χ3v) is 7.22. The first-order valence-electron chi connectivity index (χ1n) is 10.0. The Morgan fingerprint density at radius 2 is 1.87 bits per heavy atom. The van der Waals surface area contributed by atoms with Gasteiger partial charge in [-0.2, -0.15) is 4.31 Å². The predicted octanol–water partition coefficient (Wildman–Crippen LogP) is 4.35. The van der Waals surface area contributed by atoms with Crippen LogP contribution in [-0.4, -0.2) is 36.7 Å². The third kappa shape index (κ3) is 5.15. The van der Waals surface area contributed by atoms with Gasteiger partial charge in [0.2, 0.25) is 15.9 Å². The standard InChI is InChI=1S/C22H22ClN3O4S/c23-17-8-6-16(7-9-17)20-15-24-22(30-20)11-10-21(27)25-18-4-3-5-19(14-18)31(28,29)26-12-1-2-13-26/h3-9,14-15H,1-2,10-13H2,(H,25,27). The van der Waals surface area contributed by atoms with Crippen LogP contribution >= 0.6 is 11.6 Å². The van der Waals surface area contributed by atoms with E-state index in [0.717, 1.165) is 18.4 Å². The van der Waals surface area contributed by atoms with Crippen LogP contribution in [0, 0.1) is 0 Å². The van der Waals surface area contributed by atoms with Crippen LogP contribution in [0.1, 0.15) is 25.2 Å². The Labute approximate surface area is 186 Å². The number of benzene rings is 2. The minimum atomic E-state index is -3.53. The van der Waals surface area contributed by atoms with Gasteiger partial charge in [0, 0.05) is 42.2 Å². The molecule has 0 unspecified atom stereocenters. The molecule has 1 N–H and O–H groups in total. The van der Waals surface area contributed by atoms with Gasteiger partial charge in [-0.15, -0.1) is 0 Å². The first-order valence-corrected chi connectivity index (χ1v) is 11.8. The van der Waals surface area contributed by atoms with Crippen molar-refractivity contribution in [2.75, 3.05) is 18.4 Å². The van der Waals surface area contributed by atoms with Gasteiger partial charge in [-0.3, -0.25) is 4.79 Å². The first kappa shape index (κ1) is 21.5. The molecule has 0 atom stereocenters. The molecule has 1 saturated heterocycles. The second-order valence-electron chi connectivity index (χ2n) is 7.31. The summed E-state index contributed by atoms with van der Waals surface area (Å²) in [5, 5.41) is 3.39. The summed E-state index contributed by atoms with van der Waals surface area (Å²) in [4.78, 5) is 16.8. The molecule has 0 spiro atoms. The molecule has 3 aromatic rings. The smallest absolute Gasteiger partial charge is 0.243 e. The summed E-state index contributed by atoms with van der Waals surface area (Å²) in [6.07, 6.45) is 3.84. The highest BCUT2D eigenvalue weighted by Gasteiger charge is 2.27. The largest absolute Gasteiger partial charge is 0.441 e. The quantitative estimate of drug-likeness (QED) is 0.567. The normalized spacial score (nSPS) is 14.6. The fraction of sp³-hybridized carbons (Fsp3) is 0.273. The van der Waals surface area contributed by atoms with Crippen molar-refractivity contribution in [3.63, 3.8) is 0 Å². The molecule has 0 radical (unpaired) electrons. The zero-order valence-electron chi connectivity index (χ0n) is 16.8. The molecule has 7 nitrogen and oxygen atoms in total. The topological polar surface area (TPSA) is 92.5 Å². The average Bonchev–Trinajstić information content (AvgIpc) is 3.46. The lowest BCUT2D eigenvalue weighted by atomic mass is 10.2. The Balaban J connectivity index is 1.36. The monoisotopic (exact) mass is 459 g/mol. The number of halogens is 1. The van der Waals surface area contributed by atoms with Crippen molar-refractivity contribution in [2.24, 2.45) is 0 Å². The molecule has 2 heterocycles. The maximum Gasteiger partial charge on any atom is 0.243 e. The molecule has 0 bridgehead atoms. The van der Waals surface area contributed by atoms with Crippen molar-refractivity contribution in [1.29, 1.82) is 0 Å². The van der Waals surface area contributed by atoms with E-state index >= 15 is 0 Å². The number of anilines is 1. The summed E-state index contributed by atoms with van der Waals surface area (Å²) >= 11 is 5.90. The van der Waals surface area contributed by atoms with E-state index in [9.17, 15) is 13.2 Å². The van der Waals surface area contributed by atoms with E-state index in [4.69, 9.17) is 16.0 Å². The Kier molecular flexibility index (Phi) is 6.41. The minimum absolute atomic E-state index is 0.156. The van der Waals surface area contributed by atoms with Gasteiger partial charge in [0.05, 0.1) is 11.1 Å². The van der Waals surface area contributed by atoms with E-state index in [-0.39, 0.29) is 17.2 Å². The van der Waals surface area contributed by atoms with Crippen molar-refractivity contribution in [3.05, 3.63) is 65.6 Å². The van der Waals surface area contributed by atoms with Crippen molar-refractivity contribution in [2.45, 2.75) is 30.6 Å². The highest BCUT2D eigenvalue weighted by Crippen LogP contribution is 2.24. The molecule has 162 valence electrons. The summed E-state index contributed by atoms with van der Waals surface area (Å²) in [5.74, 6) is 0.805. The van der Waals surface area contributed by atoms with Gasteiger partial charge in [-0.25, -0.2) is 13.4 Å². The van der Waals surface area contributed by atoms with Gasteiger partial charge in [0.1, 0.15) is 0 Å². The number of nitrogens with zero attached hydrogens (tertiary/aromatic N) is 2. The van der Waals surface area contributed by atoms with Crippen LogP contribution < -0.4 is 5.32 Å². The van der Waals surface area contributed by atoms with E-state index in [1.165, 1.54) is 10.4 Å². The number of nitrogens with one attached hydrogen (secondary N) is 1. The number of aryl methyl sites for hydroxylation is 1. The maximum atomic E-state index is 12.7. The molecule has 1 aromatic heterocycles. The maximum absolute atomic E-state index is 12.7. The Bertz CT molecular complexity index is 1170. The number of carbonyl (C=O) groups is 1. The highest BCUT2D eigenvalue weighted by molar-refractivity contribution is 7.89. The van der Waals surface area contributed by atoms with E-state index in [0.29, 0.717) is 41.9 Å². The average molecular weight is 460 g/mol. The molecule has 1 aliphatic rings. The van der Waals surface area contributed by atoms with E-state index in [1.54, 1.807) is 36.5 Å². The molecule has 4 rings (SSSR count). The highest BCUT2D eigenvalue weighted by atomic mass is 35.5. The van der Waals surface area contributed by atoms with Crippen LogP contribution in [0.4, 0.5) is 5.69 Å². The molecule has 0 saturated carbocycles. The predicted molar refractivity (Wildman–Crippen MR) is 118 cm³/mol. The molecule has 0 aliphatic carbocycles. The van der Waals surface area contributed by atoms with Gasteiger partial charge in [0.15, 0.2) is 11.7 Å². The number of oxazole rings is 1.